The number of hydrogen-bond acceptors (Lipinski definition) is 2. The molecule has 1 aromatic carbocycles. The molecule has 0 bridgehead atoms. The molecule has 74 valence electrons. The van der Waals surface area contributed by atoms with Crippen LogP contribution in [0.2, 0.25) is 0 Å². The van der Waals surface area contributed by atoms with Gasteiger partial charge in [-0.15, -0.1) is 11.6 Å². The quantitative estimate of drug-likeness (QED) is 0.436. The zero-order valence-corrected chi connectivity index (χ0v) is 8.62. The summed E-state index contributed by atoms with van der Waals surface area (Å²) < 4.78 is 4.48. The number of alkyl halides is 1. The number of rotatable bonds is 3. The van der Waals surface area contributed by atoms with Crippen molar-refractivity contribution >= 4 is 23.6 Å². The first kappa shape index (κ1) is 10.8. The molecule has 0 saturated carbocycles. The third-order valence-electron chi connectivity index (χ3n) is 1.72. The van der Waals surface area contributed by atoms with Crippen LogP contribution in [0, 0.1) is 0 Å². The molecule has 0 N–H and O–H groups in total. The first-order valence-corrected chi connectivity index (χ1v) is 4.70. The van der Waals surface area contributed by atoms with Gasteiger partial charge in [0.15, 0.2) is 0 Å². The fraction of sp³-hybridized carbons (Fsp3) is 0.182. The van der Waals surface area contributed by atoms with Crippen LogP contribution in [0.1, 0.15) is 11.1 Å². The van der Waals surface area contributed by atoms with E-state index in [4.69, 9.17) is 11.6 Å². The van der Waals surface area contributed by atoms with E-state index in [1.54, 1.807) is 6.08 Å². The largest absolute Gasteiger partial charge is 0.466 e. The van der Waals surface area contributed by atoms with Gasteiger partial charge < -0.3 is 4.74 Å². The zero-order chi connectivity index (χ0) is 10.4. The van der Waals surface area contributed by atoms with Crippen LogP contribution in [0.4, 0.5) is 0 Å². The van der Waals surface area contributed by atoms with Gasteiger partial charge >= 0.3 is 5.97 Å². The Morgan fingerprint density at radius 2 is 2.36 bits per heavy atom. The van der Waals surface area contributed by atoms with Gasteiger partial charge in [0.1, 0.15) is 0 Å². The van der Waals surface area contributed by atoms with Crippen LogP contribution in [0.5, 0.6) is 0 Å². The Morgan fingerprint density at radius 3 is 3.00 bits per heavy atom. The molecule has 0 amide bonds. The minimum Gasteiger partial charge on any atom is -0.466 e. The summed E-state index contributed by atoms with van der Waals surface area (Å²) in [5, 5.41) is 0. The van der Waals surface area contributed by atoms with Crippen molar-refractivity contribution in [2.45, 2.75) is 5.88 Å². The molecular weight excluding hydrogens is 200 g/mol. The summed E-state index contributed by atoms with van der Waals surface area (Å²) in [6.45, 7) is 0. The van der Waals surface area contributed by atoms with E-state index in [1.807, 2.05) is 24.3 Å². The van der Waals surface area contributed by atoms with E-state index in [0.717, 1.165) is 11.1 Å². The predicted molar refractivity (Wildman–Crippen MR) is 57.0 cm³/mol. The average Bonchev–Trinajstić information content (AvgIpc) is 2.26. The van der Waals surface area contributed by atoms with Gasteiger partial charge in [-0.3, -0.25) is 0 Å². The summed E-state index contributed by atoms with van der Waals surface area (Å²) in [5.41, 5.74) is 1.97. The minimum absolute atomic E-state index is 0.360. The van der Waals surface area contributed by atoms with Crippen molar-refractivity contribution in [2.24, 2.45) is 0 Å². The van der Waals surface area contributed by atoms with Gasteiger partial charge in [-0.2, -0.15) is 0 Å². The first-order valence-electron chi connectivity index (χ1n) is 4.17. The monoisotopic (exact) mass is 210 g/mol. The highest BCUT2D eigenvalue weighted by Gasteiger charge is 1.93. The highest BCUT2D eigenvalue weighted by Crippen LogP contribution is 2.09. The number of carbonyl (C=O) groups is 1. The lowest BCUT2D eigenvalue weighted by molar-refractivity contribution is -0.134. The van der Waals surface area contributed by atoms with Crippen LogP contribution >= 0.6 is 11.6 Å². The van der Waals surface area contributed by atoms with E-state index in [2.05, 4.69) is 4.74 Å². The Kier molecular flexibility index (Phi) is 4.20. The topological polar surface area (TPSA) is 26.3 Å². The summed E-state index contributed by atoms with van der Waals surface area (Å²) in [5.74, 6) is 0.112. The van der Waals surface area contributed by atoms with E-state index in [1.165, 1.54) is 13.2 Å². The standard InChI is InChI=1S/C11H11ClO2/c1-14-11(13)6-5-9-3-2-4-10(7-9)8-12/h2-7H,8H2,1H3/b6-5+. The van der Waals surface area contributed by atoms with Gasteiger partial charge in [0.25, 0.3) is 0 Å². The molecule has 14 heavy (non-hydrogen) atoms. The molecule has 0 aliphatic heterocycles. The second-order valence-electron chi connectivity index (χ2n) is 2.74. The number of halogens is 1. The maximum absolute atomic E-state index is 10.8. The Morgan fingerprint density at radius 1 is 1.57 bits per heavy atom. The van der Waals surface area contributed by atoms with Gasteiger partial charge in [-0.05, 0) is 17.2 Å². The molecule has 3 heteroatoms. The molecule has 0 heterocycles. The highest BCUT2D eigenvalue weighted by molar-refractivity contribution is 6.17. The van der Waals surface area contributed by atoms with Crippen molar-refractivity contribution in [2.75, 3.05) is 7.11 Å². The first-order chi connectivity index (χ1) is 6.76. The summed E-state index contributed by atoms with van der Waals surface area (Å²) in [6, 6.07) is 7.65. The van der Waals surface area contributed by atoms with Crippen molar-refractivity contribution in [3.05, 3.63) is 41.5 Å². The van der Waals surface area contributed by atoms with Crippen molar-refractivity contribution in [3.8, 4) is 0 Å². The van der Waals surface area contributed by atoms with Crippen LogP contribution < -0.4 is 0 Å². The maximum atomic E-state index is 10.8. The normalized spacial score (nSPS) is 10.4. The Bertz CT molecular complexity index is 345. The summed E-state index contributed by atoms with van der Waals surface area (Å²) in [7, 11) is 1.35. The second kappa shape index (κ2) is 5.45. The van der Waals surface area contributed by atoms with Gasteiger partial charge in [-0.1, -0.05) is 24.3 Å². The van der Waals surface area contributed by atoms with E-state index >= 15 is 0 Å². The van der Waals surface area contributed by atoms with Gasteiger partial charge in [0, 0.05) is 12.0 Å². The molecule has 0 fully saturated rings. The molecule has 0 aromatic heterocycles. The maximum Gasteiger partial charge on any atom is 0.330 e. The number of hydrogen-bond donors (Lipinski definition) is 0. The summed E-state index contributed by atoms with van der Waals surface area (Å²) >= 11 is 5.67. The van der Waals surface area contributed by atoms with Gasteiger partial charge in [0.05, 0.1) is 7.11 Å². The van der Waals surface area contributed by atoms with E-state index in [9.17, 15) is 4.79 Å². The molecule has 0 aliphatic rings. The Labute approximate surface area is 88.1 Å². The average molecular weight is 211 g/mol. The molecule has 0 aliphatic carbocycles. The van der Waals surface area contributed by atoms with Crippen molar-refractivity contribution in [1.82, 2.24) is 0 Å². The number of methoxy groups -OCH3 is 1. The van der Waals surface area contributed by atoms with E-state index < -0.39 is 0 Å². The molecule has 2 nitrogen and oxygen atoms in total. The van der Waals surface area contributed by atoms with Crippen LogP contribution in [0.25, 0.3) is 6.08 Å². The summed E-state index contributed by atoms with van der Waals surface area (Å²) in [6.07, 6.45) is 3.08. The van der Waals surface area contributed by atoms with Crippen molar-refractivity contribution < 1.29 is 9.53 Å². The SMILES string of the molecule is COC(=O)/C=C/c1cccc(CCl)c1. The third kappa shape index (κ3) is 3.23. The molecule has 0 saturated heterocycles. The highest BCUT2D eigenvalue weighted by atomic mass is 35.5. The van der Waals surface area contributed by atoms with Crippen molar-refractivity contribution in [1.29, 1.82) is 0 Å². The molecule has 0 radical (unpaired) electrons. The van der Waals surface area contributed by atoms with Crippen molar-refractivity contribution in [3.63, 3.8) is 0 Å². The van der Waals surface area contributed by atoms with Crippen LogP contribution in [0.3, 0.4) is 0 Å². The Balaban J connectivity index is 2.76. The molecule has 0 atom stereocenters. The lowest BCUT2D eigenvalue weighted by Gasteiger charge is -1.97. The molecule has 0 spiro atoms. The number of ether oxygens (including phenoxy) is 1. The predicted octanol–water partition coefficient (Wildman–Crippen LogP) is 2.61. The zero-order valence-electron chi connectivity index (χ0n) is 7.87. The van der Waals surface area contributed by atoms with Crippen LogP contribution in [-0.2, 0) is 15.4 Å². The smallest absolute Gasteiger partial charge is 0.330 e. The van der Waals surface area contributed by atoms with Gasteiger partial charge in [0.2, 0.25) is 0 Å². The fourth-order valence-corrected chi connectivity index (χ4v) is 1.18. The fourth-order valence-electron chi connectivity index (χ4n) is 1.01. The van der Waals surface area contributed by atoms with E-state index in [0.29, 0.717) is 5.88 Å². The number of esters is 1. The van der Waals surface area contributed by atoms with Crippen LogP contribution in [0.15, 0.2) is 30.3 Å². The van der Waals surface area contributed by atoms with E-state index in [-0.39, 0.29) is 5.97 Å². The second-order valence-corrected chi connectivity index (χ2v) is 3.00. The summed E-state index contributed by atoms with van der Waals surface area (Å²) in [4.78, 5) is 10.8. The molecule has 1 rings (SSSR count). The molecule has 1 aromatic rings. The third-order valence-corrected chi connectivity index (χ3v) is 2.03. The number of benzene rings is 1. The lowest BCUT2D eigenvalue weighted by atomic mass is 10.1. The van der Waals surface area contributed by atoms with Gasteiger partial charge in [-0.25, -0.2) is 4.79 Å². The number of carbonyl (C=O) groups excluding carboxylic acids is 1. The van der Waals surface area contributed by atoms with Crippen LogP contribution in [-0.4, -0.2) is 13.1 Å². The molecule has 0 unspecified atom stereocenters. The lowest BCUT2D eigenvalue weighted by Crippen LogP contribution is -1.93. The molecular formula is C11H11ClO2. The minimum atomic E-state index is -0.360. The Hall–Kier alpha value is -1.28.